The van der Waals surface area contributed by atoms with E-state index >= 15 is 0 Å². The summed E-state index contributed by atoms with van der Waals surface area (Å²) in [4.78, 5) is 4.14. The maximum Gasteiger partial charge on any atom is 0.298 e. The molecule has 0 N–H and O–H groups in total. The summed E-state index contributed by atoms with van der Waals surface area (Å²) in [7, 11) is 0. The summed E-state index contributed by atoms with van der Waals surface area (Å²) >= 11 is 1.24. The normalized spacial score (nSPS) is 11.3. The maximum absolute atomic E-state index is 5.73. The van der Waals surface area contributed by atoms with Crippen molar-refractivity contribution in [1.29, 1.82) is 0 Å². The quantitative estimate of drug-likeness (QED) is 0.845. The number of hydrogen-bond donors (Lipinski definition) is 0. The maximum atomic E-state index is 5.73. The third-order valence-corrected chi connectivity index (χ3v) is 2.65. The highest BCUT2D eigenvalue weighted by Gasteiger charge is 2.11. The molecule has 1 aromatic heterocycles. The van der Waals surface area contributed by atoms with Gasteiger partial charge in [-0.05, 0) is 52.0 Å². The van der Waals surface area contributed by atoms with Crippen molar-refractivity contribution in [2.75, 3.05) is 0 Å². The number of ether oxygens (including phenoxy) is 2. The Hall–Kier alpha value is -1.62. The molecule has 0 unspecified atom stereocenters. The summed E-state index contributed by atoms with van der Waals surface area (Å²) in [5.41, 5.74) is -0.196. The van der Waals surface area contributed by atoms with Crippen LogP contribution in [0.2, 0.25) is 0 Å². The fraction of sp³-hybridized carbons (Fsp3) is 0.385. The Morgan fingerprint density at radius 3 is 2.17 bits per heavy atom. The van der Waals surface area contributed by atoms with E-state index in [2.05, 4.69) is 9.36 Å². The largest absolute Gasteiger partial charge is 0.488 e. The molecule has 0 saturated heterocycles. The first kappa shape index (κ1) is 12.8. The van der Waals surface area contributed by atoms with E-state index in [4.69, 9.17) is 9.47 Å². The Morgan fingerprint density at radius 1 is 1.06 bits per heavy atom. The molecule has 1 heterocycles. The van der Waals surface area contributed by atoms with Crippen LogP contribution in [0.1, 0.15) is 26.6 Å². The SMILES string of the molecule is Cc1nsc(Oc2ccc(OC(C)(C)C)cc2)n1. The van der Waals surface area contributed by atoms with Crippen molar-refractivity contribution in [1.82, 2.24) is 9.36 Å². The molecule has 0 fully saturated rings. The van der Waals surface area contributed by atoms with Crippen molar-refractivity contribution in [3.63, 3.8) is 0 Å². The van der Waals surface area contributed by atoms with E-state index in [-0.39, 0.29) is 5.60 Å². The van der Waals surface area contributed by atoms with Gasteiger partial charge in [0.25, 0.3) is 5.19 Å². The van der Waals surface area contributed by atoms with E-state index in [1.165, 1.54) is 11.5 Å². The van der Waals surface area contributed by atoms with Crippen LogP contribution < -0.4 is 9.47 Å². The van der Waals surface area contributed by atoms with Crippen LogP contribution in [0.3, 0.4) is 0 Å². The van der Waals surface area contributed by atoms with Crippen LogP contribution >= 0.6 is 11.5 Å². The molecule has 0 aliphatic carbocycles. The molecule has 0 atom stereocenters. The summed E-state index contributed by atoms with van der Waals surface area (Å²) in [6, 6.07) is 7.48. The Morgan fingerprint density at radius 2 is 1.67 bits per heavy atom. The van der Waals surface area contributed by atoms with Gasteiger partial charge in [-0.25, -0.2) is 0 Å². The van der Waals surface area contributed by atoms with Crippen LogP contribution in [0.5, 0.6) is 16.7 Å². The topological polar surface area (TPSA) is 44.2 Å². The number of aryl methyl sites for hydroxylation is 1. The van der Waals surface area contributed by atoms with Gasteiger partial charge < -0.3 is 9.47 Å². The molecule has 5 heteroatoms. The minimum absolute atomic E-state index is 0.196. The average Bonchev–Trinajstić information content (AvgIpc) is 2.65. The van der Waals surface area contributed by atoms with Gasteiger partial charge in [0.2, 0.25) is 0 Å². The van der Waals surface area contributed by atoms with Crippen molar-refractivity contribution in [2.24, 2.45) is 0 Å². The Bertz CT molecular complexity index is 515. The van der Waals surface area contributed by atoms with Gasteiger partial charge in [-0.15, -0.1) is 0 Å². The summed E-state index contributed by atoms with van der Waals surface area (Å²) in [6.45, 7) is 7.88. The average molecular weight is 264 g/mol. The predicted octanol–water partition coefficient (Wildman–Crippen LogP) is 3.82. The lowest BCUT2D eigenvalue weighted by Gasteiger charge is -2.21. The lowest BCUT2D eigenvalue weighted by Crippen LogP contribution is -2.22. The van der Waals surface area contributed by atoms with Gasteiger partial charge in [0.05, 0.1) is 0 Å². The molecule has 0 saturated carbocycles. The first-order valence-electron chi connectivity index (χ1n) is 5.70. The molecule has 1 aromatic carbocycles. The summed E-state index contributed by atoms with van der Waals surface area (Å²) in [6.07, 6.45) is 0. The number of nitrogens with zero attached hydrogens (tertiary/aromatic N) is 2. The van der Waals surface area contributed by atoms with E-state index in [1.807, 2.05) is 52.0 Å². The minimum Gasteiger partial charge on any atom is -0.488 e. The standard InChI is InChI=1S/C13H16N2O2S/c1-9-14-12(18-15-9)16-10-5-7-11(8-6-10)17-13(2,3)4/h5-8H,1-4H3. The van der Waals surface area contributed by atoms with Crippen molar-refractivity contribution in [3.05, 3.63) is 30.1 Å². The Kier molecular flexibility index (Phi) is 3.52. The molecular weight excluding hydrogens is 248 g/mol. The molecule has 4 nitrogen and oxygen atoms in total. The van der Waals surface area contributed by atoms with Gasteiger partial charge in [0, 0.05) is 11.5 Å². The summed E-state index contributed by atoms with van der Waals surface area (Å²) in [5.74, 6) is 2.28. The third kappa shape index (κ3) is 3.70. The zero-order valence-corrected chi connectivity index (χ0v) is 11.7. The van der Waals surface area contributed by atoms with Gasteiger partial charge in [0.1, 0.15) is 22.9 Å². The van der Waals surface area contributed by atoms with Crippen molar-refractivity contribution >= 4 is 11.5 Å². The highest BCUT2D eigenvalue weighted by atomic mass is 32.1. The van der Waals surface area contributed by atoms with E-state index in [1.54, 1.807) is 0 Å². The van der Waals surface area contributed by atoms with Gasteiger partial charge in [-0.2, -0.15) is 9.36 Å². The Labute approximate surface area is 111 Å². The molecule has 0 aliphatic heterocycles. The van der Waals surface area contributed by atoms with E-state index in [9.17, 15) is 0 Å². The first-order valence-corrected chi connectivity index (χ1v) is 6.47. The second kappa shape index (κ2) is 4.94. The molecule has 0 bridgehead atoms. The fourth-order valence-electron chi connectivity index (χ4n) is 1.35. The van der Waals surface area contributed by atoms with Crippen molar-refractivity contribution in [3.8, 4) is 16.7 Å². The van der Waals surface area contributed by atoms with Gasteiger partial charge in [0.15, 0.2) is 0 Å². The lowest BCUT2D eigenvalue weighted by atomic mass is 10.2. The second-order valence-corrected chi connectivity index (χ2v) is 5.61. The van der Waals surface area contributed by atoms with E-state index in [0.29, 0.717) is 5.19 Å². The monoisotopic (exact) mass is 264 g/mol. The number of aromatic nitrogens is 2. The van der Waals surface area contributed by atoms with Crippen LogP contribution in [0, 0.1) is 6.92 Å². The van der Waals surface area contributed by atoms with E-state index < -0.39 is 0 Å². The van der Waals surface area contributed by atoms with Crippen LogP contribution in [-0.2, 0) is 0 Å². The zero-order chi connectivity index (χ0) is 13.2. The molecule has 2 aromatic rings. The Balaban J connectivity index is 2.04. The van der Waals surface area contributed by atoms with Crippen molar-refractivity contribution in [2.45, 2.75) is 33.3 Å². The molecule has 18 heavy (non-hydrogen) atoms. The molecule has 2 rings (SSSR count). The summed E-state index contributed by atoms with van der Waals surface area (Å²) in [5, 5.41) is 0.553. The third-order valence-electron chi connectivity index (χ3n) is 1.96. The van der Waals surface area contributed by atoms with Crippen LogP contribution in [-0.4, -0.2) is 15.0 Å². The minimum atomic E-state index is -0.196. The molecule has 0 aliphatic rings. The van der Waals surface area contributed by atoms with Gasteiger partial charge in [-0.1, -0.05) is 0 Å². The lowest BCUT2D eigenvalue weighted by molar-refractivity contribution is 0.131. The smallest absolute Gasteiger partial charge is 0.298 e. The molecule has 0 amide bonds. The molecule has 0 radical (unpaired) electrons. The number of rotatable bonds is 3. The van der Waals surface area contributed by atoms with Crippen molar-refractivity contribution < 1.29 is 9.47 Å². The predicted molar refractivity (Wildman–Crippen MR) is 71.5 cm³/mol. The zero-order valence-electron chi connectivity index (χ0n) is 10.9. The van der Waals surface area contributed by atoms with Gasteiger partial charge in [-0.3, -0.25) is 0 Å². The number of benzene rings is 1. The summed E-state index contributed by atoms with van der Waals surface area (Å²) < 4.78 is 15.4. The highest BCUT2D eigenvalue weighted by molar-refractivity contribution is 7.07. The second-order valence-electron chi connectivity index (χ2n) is 4.90. The van der Waals surface area contributed by atoms with Gasteiger partial charge >= 0.3 is 0 Å². The highest BCUT2D eigenvalue weighted by Crippen LogP contribution is 2.26. The van der Waals surface area contributed by atoms with Crippen LogP contribution in [0.25, 0.3) is 0 Å². The number of hydrogen-bond acceptors (Lipinski definition) is 5. The molecular formula is C13H16N2O2S. The van der Waals surface area contributed by atoms with Crippen LogP contribution in [0.4, 0.5) is 0 Å². The van der Waals surface area contributed by atoms with Crippen LogP contribution in [0.15, 0.2) is 24.3 Å². The fourth-order valence-corrected chi connectivity index (χ4v) is 1.91. The first-order chi connectivity index (χ1) is 8.42. The van der Waals surface area contributed by atoms with E-state index in [0.717, 1.165) is 17.3 Å². The molecule has 0 spiro atoms. The molecule has 96 valence electrons.